The molecule has 0 unspecified atom stereocenters. The summed E-state index contributed by atoms with van der Waals surface area (Å²) in [5.41, 5.74) is 0. The molecule has 0 amide bonds. The molecule has 0 aliphatic heterocycles. The van der Waals surface area contributed by atoms with Crippen molar-refractivity contribution < 1.29 is 0 Å². The van der Waals surface area contributed by atoms with Crippen LogP contribution in [0.3, 0.4) is 0 Å². The van der Waals surface area contributed by atoms with Crippen molar-refractivity contribution in [1.82, 2.24) is 15.6 Å². The fourth-order valence-corrected chi connectivity index (χ4v) is 2.59. The van der Waals surface area contributed by atoms with Gasteiger partial charge < -0.3 is 10.6 Å². The Balaban J connectivity index is 0.00000361. The number of aromatic nitrogens is 1. The van der Waals surface area contributed by atoms with Gasteiger partial charge in [-0.05, 0) is 12.3 Å². The van der Waals surface area contributed by atoms with Gasteiger partial charge in [-0.25, -0.2) is 4.98 Å². The Morgan fingerprint density at radius 2 is 2.00 bits per heavy atom. The van der Waals surface area contributed by atoms with Crippen molar-refractivity contribution >= 4 is 41.3 Å². The molecule has 1 aromatic heterocycles. The molecule has 0 radical (unpaired) electrons. The molecular weight excluding hydrogens is 383 g/mol. The molecule has 0 saturated heterocycles. The number of rotatable bonds is 7. The van der Waals surface area contributed by atoms with Crippen molar-refractivity contribution in [2.24, 2.45) is 10.9 Å². The highest BCUT2D eigenvalue weighted by atomic mass is 127. The molecule has 6 heteroatoms. The van der Waals surface area contributed by atoms with Gasteiger partial charge in [0, 0.05) is 24.7 Å². The van der Waals surface area contributed by atoms with Gasteiger partial charge in [-0.15, -0.1) is 35.3 Å². The Bertz CT molecular complexity index is 388. The SMILES string of the molecule is CCc1cnc(CNC(=NC)NCC(CC)CC)s1.I. The zero-order chi connectivity index (χ0) is 14.1. The monoisotopic (exact) mass is 410 g/mol. The van der Waals surface area contributed by atoms with Crippen molar-refractivity contribution in [1.29, 1.82) is 0 Å². The summed E-state index contributed by atoms with van der Waals surface area (Å²) >= 11 is 1.76. The molecule has 4 nitrogen and oxygen atoms in total. The number of hydrogen-bond donors (Lipinski definition) is 2. The minimum absolute atomic E-state index is 0. The summed E-state index contributed by atoms with van der Waals surface area (Å²) in [5.74, 6) is 1.57. The van der Waals surface area contributed by atoms with Crippen LogP contribution in [0.2, 0.25) is 0 Å². The topological polar surface area (TPSA) is 49.3 Å². The van der Waals surface area contributed by atoms with Gasteiger partial charge in [0.2, 0.25) is 0 Å². The molecule has 0 saturated carbocycles. The maximum absolute atomic E-state index is 4.39. The van der Waals surface area contributed by atoms with E-state index in [2.05, 4.69) is 41.4 Å². The number of aryl methyl sites for hydroxylation is 1. The summed E-state index contributed by atoms with van der Waals surface area (Å²) in [6.45, 7) is 8.33. The standard InChI is InChI=1S/C14H26N4S.HI/c1-5-11(6-2)8-17-14(15-4)18-10-13-16-9-12(7-3)19-13;/h9,11H,5-8,10H2,1-4H3,(H2,15,17,18);1H. The second kappa shape index (κ2) is 11.3. The molecule has 0 aromatic carbocycles. The van der Waals surface area contributed by atoms with Gasteiger partial charge >= 0.3 is 0 Å². The Labute approximate surface area is 143 Å². The average Bonchev–Trinajstić information content (AvgIpc) is 2.91. The molecule has 0 aliphatic carbocycles. The predicted octanol–water partition coefficient (Wildman–Crippen LogP) is 3.42. The van der Waals surface area contributed by atoms with Crippen LogP contribution in [0.5, 0.6) is 0 Å². The van der Waals surface area contributed by atoms with E-state index in [0.717, 1.165) is 30.5 Å². The Morgan fingerprint density at radius 3 is 2.50 bits per heavy atom. The first-order valence-electron chi connectivity index (χ1n) is 7.11. The first kappa shape index (κ1) is 19.6. The van der Waals surface area contributed by atoms with Crippen LogP contribution in [-0.2, 0) is 13.0 Å². The van der Waals surface area contributed by atoms with Crippen LogP contribution in [-0.4, -0.2) is 24.5 Å². The number of guanidine groups is 1. The van der Waals surface area contributed by atoms with E-state index in [1.165, 1.54) is 17.7 Å². The zero-order valence-corrected chi connectivity index (χ0v) is 16.0. The maximum atomic E-state index is 4.39. The van der Waals surface area contributed by atoms with Crippen molar-refractivity contribution in [3.05, 3.63) is 16.1 Å². The Kier molecular flexibility index (Phi) is 11.1. The van der Waals surface area contributed by atoms with Gasteiger partial charge in [0.25, 0.3) is 0 Å². The highest BCUT2D eigenvalue weighted by molar-refractivity contribution is 14.0. The molecular formula is C14H27IN4S. The predicted molar refractivity (Wildman–Crippen MR) is 99.2 cm³/mol. The molecule has 0 fully saturated rings. The van der Waals surface area contributed by atoms with E-state index >= 15 is 0 Å². The van der Waals surface area contributed by atoms with E-state index in [0.29, 0.717) is 5.92 Å². The van der Waals surface area contributed by atoms with E-state index in [9.17, 15) is 0 Å². The van der Waals surface area contributed by atoms with Crippen LogP contribution in [0.1, 0.15) is 43.5 Å². The van der Waals surface area contributed by atoms with Gasteiger partial charge in [0.15, 0.2) is 5.96 Å². The van der Waals surface area contributed by atoms with E-state index < -0.39 is 0 Å². The van der Waals surface area contributed by atoms with Crippen LogP contribution in [0.25, 0.3) is 0 Å². The zero-order valence-electron chi connectivity index (χ0n) is 12.9. The third kappa shape index (κ3) is 6.88. The molecule has 1 aromatic rings. The van der Waals surface area contributed by atoms with Crippen LogP contribution < -0.4 is 10.6 Å². The minimum Gasteiger partial charge on any atom is -0.356 e. The van der Waals surface area contributed by atoms with Crippen molar-refractivity contribution in [2.75, 3.05) is 13.6 Å². The van der Waals surface area contributed by atoms with Crippen LogP contribution in [0, 0.1) is 5.92 Å². The van der Waals surface area contributed by atoms with Gasteiger partial charge in [-0.1, -0.05) is 33.6 Å². The quantitative estimate of drug-likeness (QED) is 0.412. The average molecular weight is 410 g/mol. The van der Waals surface area contributed by atoms with E-state index in [1.807, 2.05) is 13.2 Å². The van der Waals surface area contributed by atoms with Crippen molar-refractivity contribution in [2.45, 2.75) is 46.6 Å². The fourth-order valence-electron chi connectivity index (χ4n) is 1.79. The number of nitrogens with zero attached hydrogens (tertiary/aromatic N) is 2. The Hall–Kier alpha value is -0.370. The second-order valence-corrected chi connectivity index (χ2v) is 5.76. The molecule has 1 rings (SSSR count). The fraction of sp³-hybridized carbons (Fsp3) is 0.714. The number of halogens is 1. The van der Waals surface area contributed by atoms with E-state index in [4.69, 9.17) is 0 Å². The molecule has 20 heavy (non-hydrogen) atoms. The van der Waals surface area contributed by atoms with Crippen molar-refractivity contribution in [3.8, 4) is 0 Å². The summed E-state index contributed by atoms with van der Waals surface area (Å²) in [4.78, 5) is 9.97. The molecule has 1 heterocycles. The van der Waals surface area contributed by atoms with E-state index in [1.54, 1.807) is 11.3 Å². The van der Waals surface area contributed by atoms with Gasteiger partial charge in [-0.3, -0.25) is 4.99 Å². The lowest BCUT2D eigenvalue weighted by Gasteiger charge is -2.16. The smallest absolute Gasteiger partial charge is 0.191 e. The largest absolute Gasteiger partial charge is 0.356 e. The molecule has 0 bridgehead atoms. The minimum atomic E-state index is 0. The summed E-state index contributed by atoms with van der Waals surface area (Å²) < 4.78 is 0. The number of thiazole rings is 1. The lowest BCUT2D eigenvalue weighted by atomic mass is 10.0. The molecule has 2 N–H and O–H groups in total. The van der Waals surface area contributed by atoms with Crippen LogP contribution >= 0.6 is 35.3 Å². The number of hydrogen-bond acceptors (Lipinski definition) is 3. The van der Waals surface area contributed by atoms with E-state index in [-0.39, 0.29) is 24.0 Å². The van der Waals surface area contributed by atoms with Crippen LogP contribution in [0.4, 0.5) is 0 Å². The highest BCUT2D eigenvalue weighted by Gasteiger charge is 2.06. The third-order valence-electron chi connectivity index (χ3n) is 3.29. The Morgan fingerprint density at radius 1 is 1.30 bits per heavy atom. The summed E-state index contributed by atoms with van der Waals surface area (Å²) in [7, 11) is 1.81. The van der Waals surface area contributed by atoms with Gasteiger partial charge in [0.1, 0.15) is 5.01 Å². The number of nitrogens with one attached hydrogen (secondary N) is 2. The highest BCUT2D eigenvalue weighted by Crippen LogP contribution is 2.12. The molecule has 0 spiro atoms. The maximum Gasteiger partial charge on any atom is 0.191 e. The van der Waals surface area contributed by atoms with Crippen molar-refractivity contribution in [3.63, 3.8) is 0 Å². The normalized spacial score (nSPS) is 11.3. The lowest BCUT2D eigenvalue weighted by molar-refractivity contribution is 0.481. The first-order chi connectivity index (χ1) is 9.23. The van der Waals surface area contributed by atoms with Gasteiger partial charge in [0.05, 0.1) is 6.54 Å². The third-order valence-corrected chi connectivity index (χ3v) is 4.44. The summed E-state index contributed by atoms with van der Waals surface area (Å²) in [5, 5.41) is 7.80. The van der Waals surface area contributed by atoms with Crippen LogP contribution in [0.15, 0.2) is 11.2 Å². The molecule has 0 atom stereocenters. The number of aliphatic imine (C=N–C) groups is 1. The first-order valence-corrected chi connectivity index (χ1v) is 7.93. The molecule has 0 aliphatic rings. The van der Waals surface area contributed by atoms with Gasteiger partial charge in [-0.2, -0.15) is 0 Å². The second-order valence-electron chi connectivity index (χ2n) is 4.56. The summed E-state index contributed by atoms with van der Waals surface area (Å²) in [6, 6.07) is 0. The lowest BCUT2D eigenvalue weighted by Crippen LogP contribution is -2.39. The summed E-state index contributed by atoms with van der Waals surface area (Å²) in [6.07, 6.45) is 5.42. The molecule has 116 valence electrons.